The molecule has 0 atom stereocenters. The summed E-state index contributed by atoms with van der Waals surface area (Å²) in [6.07, 6.45) is 2.72. The maximum absolute atomic E-state index is 11.8. The van der Waals surface area contributed by atoms with Gasteiger partial charge in [-0.2, -0.15) is 5.10 Å². The van der Waals surface area contributed by atoms with Crippen LogP contribution in [0, 0.1) is 0 Å². The molecule has 22 heavy (non-hydrogen) atoms. The minimum Gasteiger partial charge on any atom is -0.493 e. The molecule has 0 unspecified atom stereocenters. The molecule has 0 fully saturated rings. The minimum absolute atomic E-state index is 0.103. The zero-order valence-electron chi connectivity index (χ0n) is 12.7. The Bertz CT molecular complexity index is 624. The maximum atomic E-state index is 11.8. The minimum atomic E-state index is -0.103. The number of hydrogen-bond donors (Lipinski definition) is 1. The third-order valence-electron chi connectivity index (χ3n) is 3.10. The smallest absolute Gasteiger partial charge is 0.240 e. The fourth-order valence-corrected chi connectivity index (χ4v) is 2.01. The van der Waals surface area contributed by atoms with Gasteiger partial charge in [0.15, 0.2) is 0 Å². The molecule has 0 saturated carbocycles. The van der Waals surface area contributed by atoms with E-state index in [1.54, 1.807) is 6.21 Å². The van der Waals surface area contributed by atoms with E-state index in [1.165, 1.54) is 0 Å². The van der Waals surface area contributed by atoms with Crippen molar-refractivity contribution in [1.29, 1.82) is 0 Å². The summed E-state index contributed by atoms with van der Waals surface area (Å²) in [5.74, 6) is 0.654. The number of carbonyl (C=O) groups excluding carboxylic acids is 1. The molecule has 0 saturated heterocycles. The molecule has 0 bridgehead atoms. The monoisotopic (exact) mass is 296 g/mol. The van der Waals surface area contributed by atoms with Crippen LogP contribution < -0.4 is 10.2 Å². The molecule has 114 valence electrons. The predicted octanol–water partition coefficient (Wildman–Crippen LogP) is 3.17. The van der Waals surface area contributed by atoms with Crippen LogP contribution in [0.15, 0.2) is 59.7 Å². The van der Waals surface area contributed by atoms with Crippen molar-refractivity contribution in [3.63, 3.8) is 0 Å². The number of nitrogens with zero attached hydrogens (tertiary/aromatic N) is 1. The van der Waals surface area contributed by atoms with Crippen molar-refractivity contribution < 1.29 is 9.53 Å². The van der Waals surface area contributed by atoms with Gasteiger partial charge in [0.2, 0.25) is 5.91 Å². The zero-order chi connectivity index (χ0) is 15.6. The number of carbonyl (C=O) groups is 1. The van der Waals surface area contributed by atoms with Crippen molar-refractivity contribution in [3.05, 3.63) is 65.7 Å². The van der Waals surface area contributed by atoms with Crippen molar-refractivity contribution in [2.45, 2.75) is 19.8 Å². The molecule has 0 aliphatic heterocycles. The first-order valence-corrected chi connectivity index (χ1v) is 7.37. The molecule has 0 spiro atoms. The Balaban J connectivity index is 1.83. The number of hydrogen-bond acceptors (Lipinski definition) is 3. The van der Waals surface area contributed by atoms with E-state index < -0.39 is 0 Å². The number of nitrogens with one attached hydrogen (secondary N) is 1. The van der Waals surface area contributed by atoms with E-state index in [0.29, 0.717) is 19.4 Å². The van der Waals surface area contributed by atoms with Crippen LogP contribution >= 0.6 is 0 Å². The largest absolute Gasteiger partial charge is 0.493 e. The molecule has 4 nitrogen and oxygen atoms in total. The van der Waals surface area contributed by atoms with Crippen molar-refractivity contribution in [3.8, 4) is 5.75 Å². The number of aryl methyl sites for hydroxylation is 1. The van der Waals surface area contributed by atoms with Gasteiger partial charge in [0.1, 0.15) is 5.75 Å². The molecule has 2 aromatic rings. The number of ether oxygens (including phenoxy) is 1. The average molecular weight is 296 g/mol. The molecule has 2 aromatic carbocycles. The van der Waals surface area contributed by atoms with Crippen LogP contribution in [0.25, 0.3) is 0 Å². The van der Waals surface area contributed by atoms with Crippen molar-refractivity contribution in [2.75, 3.05) is 6.61 Å². The summed E-state index contributed by atoms with van der Waals surface area (Å²) in [4.78, 5) is 11.8. The second-order valence-electron chi connectivity index (χ2n) is 4.75. The molecule has 0 radical (unpaired) electrons. The maximum Gasteiger partial charge on any atom is 0.240 e. The lowest BCUT2D eigenvalue weighted by Gasteiger charge is -2.05. The SMILES string of the molecule is CCOc1ccccc1/C=N/NC(=O)CCc1ccccc1. The van der Waals surface area contributed by atoms with Crippen molar-refractivity contribution >= 4 is 12.1 Å². The lowest BCUT2D eigenvalue weighted by Crippen LogP contribution is -2.17. The molecule has 1 N–H and O–H groups in total. The number of benzene rings is 2. The van der Waals surface area contributed by atoms with E-state index in [4.69, 9.17) is 4.74 Å². The summed E-state index contributed by atoms with van der Waals surface area (Å²) >= 11 is 0. The average Bonchev–Trinajstić information content (AvgIpc) is 2.56. The molecular weight excluding hydrogens is 276 g/mol. The van der Waals surface area contributed by atoms with Crippen LogP contribution in [0.5, 0.6) is 5.75 Å². The van der Waals surface area contributed by atoms with Crippen molar-refractivity contribution in [2.24, 2.45) is 5.10 Å². The highest BCUT2D eigenvalue weighted by Gasteiger charge is 2.02. The van der Waals surface area contributed by atoms with Gasteiger partial charge in [-0.3, -0.25) is 4.79 Å². The fraction of sp³-hybridized carbons (Fsp3) is 0.222. The topological polar surface area (TPSA) is 50.7 Å². The van der Waals surface area contributed by atoms with Gasteiger partial charge >= 0.3 is 0 Å². The van der Waals surface area contributed by atoms with Gasteiger partial charge in [0.25, 0.3) is 0 Å². The van der Waals surface area contributed by atoms with E-state index in [2.05, 4.69) is 10.5 Å². The summed E-state index contributed by atoms with van der Waals surface area (Å²) in [6, 6.07) is 17.5. The first-order chi connectivity index (χ1) is 10.8. The van der Waals surface area contributed by atoms with Crippen LogP contribution in [-0.4, -0.2) is 18.7 Å². The highest BCUT2D eigenvalue weighted by atomic mass is 16.5. The van der Waals surface area contributed by atoms with Crippen LogP contribution in [0.1, 0.15) is 24.5 Å². The second kappa shape index (κ2) is 8.62. The van der Waals surface area contributed by atoms with Crippen molar-refractivity contribution in [1.82, 2.24) is 5.43 Å². The summed E-state index contributed by atoms with van der Waals surface area (Å²) in [7, 11) is 0. The van der Waals surface area contributed by atoms with Gasteiger partial charge in [-0.1, -0.05) is 42.5 Å². The third kappa shape index (κ3) is 5.05. The quantitative estimate of drug-likeness (QED) is 0.630. The number of para-hydroxylation sites is 1. The van der Waals surface area contributed by atoms with Gasteiger partial charge in [-0.25, -0.2) is 5.43 Å². The van der Waals surface area contributed by atoms with Gasteiger partial charge in [-0.05, 0) is 31.0 Å². The molecule has 0 aromatic heterocycles. The summed E-state index contributed by atoms with van der Waals surface area (Å²) in [5.41, 5.74) is 4.53. The lowest BCUT2D eigenvalue weighted by molar-refractivity contribution is -0.121. The Morgan fingerprint density at radius 2 is 1.86 bits per heavy atom. The molecule has 0 aliphatic carbocycles. The highest BCUT2D eigenvalue weighted by Crippen LogP contribution is 2.15. The Hall–Kier alpha value is -2.62. The number of rotatable bonds is 7. The summed E-state index contributed by atoms with van der Waals surface area (Å²) in [5, 5.41) is 3.99. The highest BCUT2D eigenvalue weighted by molar-refractivity contribution is 5.85. The van der Waals surface area contributed by atoms with Crippen LogP contribution in [0.3, 0.4) is 0 Å². The van der Waals surface area contributed by atoms with Gasteiger partial charge in [0.05, 0.1) is 12.8 Å². The number of amides is 1. The van der Waals surface area contributed by atoms with E-state index in [9.17, 15) is 4.79 Å². The third-order valence-corrected chi connectivity index (χ3v) is 3.10. The number of hydrazone groups is 1. The molecular formula is C18H20N2O2. The first kappa shape index (κ1) is 15.8. The standard InChI is InChI=1S/C18H20N2O2/c1-2-22-17-11-7-6-10-16(17)14-19-20-18(21)13-12-15-8-4-3-5-9-15/h3-11,14H,2,12-13H2,1H3,(H,20,21)/b19-14+. The molecule has 4 heteroatoms. The first-order valence-electron chi connectivity index (χ1n) is 7.37. The Morgan fingerprint density at radius 1 is 1.14 bits per heavy atom. The molecule has 0 heterocycles. The van der Waals surface area contributed by atoms with Crippen LogP contribution in [0.2, 0.25) is 0 Å². The van der Waals surface area contributed by atoms with E-state index >= 15 is 0 Å². The summed E-state index contributed by atoms with van der Waals surface area (Å²) in [6.45, 7) is 2.52. The molecule has 2 rings (SSSR count). The van der Waals surface area contributed by atoms with Gasteiger partial charge in [0, 0.05) is 12.0 Å². The Labute approximate surface area is 130 Å². The molecule has 0 aliphatic rings. The van der Waals surface area contributed by atoms with E-state index in [0.717, 1.165) is 16.9 Å². The fourth-order valence-electron chi connectivity index (χ4n) is 2.01. The van der Waals surface area contributed by atoms with Crippen LogP contribution in [-0.2, 0) is 11.2 Å². The Morgan fingerprint density at radius 3 is 2.64 bits per heavy atom. The predicted molar refractivity (Wildman–Crippen MR) is 88.1 cm³/mol. The lowest BCUT2D eigenvalue weighted by atomic mass is 10.1. The van der Waals surface area contributed by atoms with Gasteiger partial charge < -0.3 is 4.74 Å². The Kier molecular flexibility index (Phi) is 6.18. The second-order valence-corrected chi connectivity index (χ2v) is 4.75. The van der Waals surface area contributed by atoms with E-state index in [1.807, 2.05) is 61.5 Å². The van der Waals surface area contributed by atoms with Gasteiger partial charge in [-0.15, -0.1) is 0 Å². The summed E-state index contributed by atoms with van der Waals surface area (Å²) < 4.78 is 5.50. The zero-order valence-corrected chi connectivity index (χ0v) is 12.7. The molecule has 1 amide bonds. The van der Waals surface area contributed by atoms with Crippen LogP contribution in [0.4, 0.5) is 0 Å². The van der Waals surface area contributed by atoms with E-state index in [-0.39, 0.29) is 5.91 Å². The normalized spacial score (nSPS) is 10.6.